The Morgan fingerprint density at radius 1 is 1.33 bits per heavy atom. The molecule has 0 amide bonds. The van der Waals surface area contributed by atoms with Crippen LogP contribution in [0.2, 0.25) is 0 Å². The molecule has 1 fully saturated rings. The van der Waals surface area contributed by atoms with Gasteiger partial charge in [0.1, 0.15) is 0 Å². The van der Waals surface area contributed by atoms with Crippen molar-refractivity contribution >= 4 is 33.9 Å². The van der Waals surface area contributed by atoms with Crippen LogP contribution < -0.4 is 5.32 Å². The van der Waals surface area contributed by atoms with Gasteiger partial charge in [-0.05, 0) is 85.3 Å². The molecule has 1 saturated heterocycles. The third kappa shape index (κ3) is 3.82. The lowest BCUT2D eigenvalue weighted by atomic mass is 9.93. The molecule has 1 aliphatic heterocycles. The molecule has 2 atom stereocenters. The van der Waals surface area contributed by atoms with Crippen LogP contribution in [-0.2, 0) is 6.42 Å². The van der Waals surface area contributed by atoms with E-state index >= 15 is 0 Å². The van der Waals surface area contributed by atoms with E-state index in [0.29, 0.717) is 12.1 Å². The van der Waals surface area contributed by atoms with Crippen molar-refractivity contribution < 1.29 is 0 Å². The summed E-state index contributed by atoms with van der Waals surface area (Å²) in [5.41, 5.74) is 1.60. The number of halogens is 1. The molecule has 4 heteroatoms. The Labute approximate surface area is 146 Å². The lowest BCUT2D eigenvalue weighted by Crippen LogP contribution is -2.45. The molecule has 118 valence electrons. The van der Waals surface area contributed by atoms with Gasteiger partial charge in [0, 0.05) is 23.5 Å². The van der Waals surface area contributed by atoms with Gasteiger partial charge in [-0.25, -0.2) is 0 Å². The van der Waals surface area contributed by atoms with Crippen LogP contribution in [0.5, 0.6) is 0 Å². The molecule has 3 rings (SSSR count). The van der Waals surface area contributed by atoms with Gasteiger partial charge < -0.3 is 5.32 Å². The Balaban J connectivity index is 1.63. The van der Waals surface area contributed by atoms with Crippen molar-refractivity contribution in [1.82, 2.24) is 10.2 Å². The third-order valence-electron chi connectivity index (χ3n) is 5.04. The zero-order chi connectivity index (χ0) is 14.8. The van der Waals surface area contributed by atoms with Crippen molar-refractivity contribution in [3.8, 4) is 0 Å². The molecule has 2 aliphatic rings. The van der Waals surface area contributed by atoms with Crippen molar-refractivity contribution in [2.24, 2.45) is 5.92 Å². The lowest BCUT2D eigenvalue weighted by molar-refractivity contribution is 0.180. The van der Waals surface area contributed by atoms with E-state index in [1.807, 2.05) is 11.3 Å². The van der Waals surface area contributed by atoms with Crippen molar-refractivity contribution in [3.63, 3.8) is 0 Å². The van der Waals surface area contributed by atoms with Crippen LogP contribution in [0, 0.1) is 8.80 Å². The fraction of sp³-hybridized carbons (Fsp3) is 0.765. The molecule has 2 heterocycles. The minimum atomic E-state index is 0.595. The van der Waals surface area contributed by atoms with E-state index < -0.39 is 0 Å². The number of nitrogens with zero attached hydrogens (tertiary/aromatic N) is 1. The van der Waals surface area contributed by atoms with E-state index in [-0.39, 0.29) is 0 Å². The predicted molar refractivity (Wildman–Crippen MR) is 100 cm³/mol. The van der Waals surface area contributed by atoms with Gasteiger partial charge in [-0.3, -0.25) is 4.90 Å². The molecule has 2 nitrogen and oxygen atoms in total. The molecule has 21 heavy (non-hydrogen) atoms. The SMILES string of the molecule is CC(C)C(CNC1CCCc2sc(I)cc21)N1CCCC1. The molecule has 0 spiro atoms. The monoisotopic (exact) mass is 418 g/mol. The quantitative estimate of drug-likeness (QED) is 0.712. The zero-order valence-corrected chi connectivity index (χ0v) is 16.2. The molecular weight excluding hydrogens is 391 g/mol. The first-order valence-electron chi connectivity index (χ1n) is 8.40. The van der Waals surface area contributed by atoms with Gasteiger partial charge in [-0.1, -0.05) is 13.8 Å². The second-order valence-corrected chi connectivity index (χ2v) is 9.87. The topological polar surface area (TPSA) is 15.3 Å². The molecule has 0 aromatic carbocycles. The van der Waals surface area contributed by atoms with E-state index in [1.54, 1.807) is 10.4 Å². The molecule has 1 aromatic heterocycles. The summed E-state index contributed by atoms with van der Waals surface area (Å²) >= 11 is 4.47. The van der Waals surface area contributed by atoms with Crippen LogP contribution in [-0.4, -0.2) is 30.6 Å². The van der Waals surface area contributed by atoms with E-state index in [9.17, 15) is 0 Å². The highest BCUT2D eigenvalue weighted by Crippen LogP contribution is 2.36. The first-order valence-corrected chi connectivity index (χ1v) is 10.3. The van der Waals surface area contributed by atoms with Crippen LogP contribution >= 0.6 is 33.9 Å². The molecule has 2 unspecified atom stereocenters. The Hall–Kier alpha value is 0.350. The molecule has 1 N–H and O–H groups in total. The molecule has 0 bridgehead atoms. The maximum Gasteiger partial charge on any atom is 0.0659 e. The van der Waals surface area contributed by atoms with Gasteiger partial charge in [0.15, 0.2) is 0 Å². The van der Waals surface area contributed by atoms with Gasteiger partial charge in [0.25, 0.3) is 0 Å². The summed E-state index contributed by atoms with van der Waals surface area (Å²) in [4.78, 5) is 4.34. The van der Waals surface area contributed by atoms with Crippen LogP contribution in [0.25, 0.3) is 0 Å². The molecule has 1 aromatic rings. The van der Waals surface area contributed by atoms with E-state index in [4.69, 9.17) is 0 Å². The van der Waals surface area contributed by atoms with Gasteiger partial charge in [-0.2, -0.15) is 0 Å². The van der Waals surface area contributed by atoms with Gasteiger partial charge in [0.05, 0.1) is 2.88 Å². The highest BCUT2D eigenvalue weighted by molar-refractivity contribution is 14.1. The standard InChI is InChI=1S/C17H27IN2S/c1-12(2)15(20-8-3-4-9-20)11-19-14-6-5-7-16-13(14)10-17(18)21-16/h10,12,14-15,19H,3-9,11H2,1-2H3. The summed E-state index contributed by atoms with van der Waals surface area (Å²) in [6.07, 6.45) is 6.72. The number of hydrogen-bond acceptors (Lipinski definition) is 3. The van der Waals surface area contributed by atoms with Crippen molar-refractivity contribution in [3.05, 3.63) is 19.4 Å². The lowest BCUT2D eigenvalue weighted by Gasteiger charge is -2.33. The highest BCUT2D eigenvalue weighted by Gasteiger charge is 2.27. The molecule has 0 saturated carbocycles. The largest absolute Gasteiger partial charge is 0.308 e. The maximum atomic E-state index is 3.91. The molecule has 1 aliphatic carbocycles. The number of thiophene rings is 1. The normalized spacial score (nSPS) is 24.5. The van der Waals surface area contributed by atoms with Crippen LogP contribution in [0.1, 0.15) is 56.0 Å². The maximum absolute atomic E-state index is 3.91. The molecule has 0 radical (unpaired) electrons. The Kier molecular flexibility index (Phi) is 5.62. The fourth-order valence-corrected chi connectivity index (χ4v) is 5.98. The summed E-state index contributed by atoms with van der Waals surface area (Å²) in [5.74, 6) is 0.737. The van der Waals surface area contributed by atoms with Crippen molar-refractivity contribution in [2.45, 2.75) is 58.0 Å². The van der Waals surface area contributed by atoms with Gasteiger partial charge in [0.2, 0.25) is 0 Å². The van der Waals surface area contributed by atoms with Crippen LogP contribution in [0.3, 0.4) is 0 Å². The average molecular weight is 418 g/mol. The number of aryl methyl sites for hydroxylation is 1. The Morgan fingerprint density at radius 2 is 2.10 bits per heavy atom. The summed E-state index contributed by atoms with van der Waals surface area (Å²) in [6, 6.07) is 3.71. The van der Waals surface area contributed by atoms with E-state index in [1.165, 1.54) is 48.1 Å². The minimum absolute atomic E-state index is 0.595. The summed E-state index contributed by atoms with van der Waals surface area (Å²) in [7, 11) is 0. The highest BCUT2D eigenvalue weighted by atomic mass is 127. The number of nitrogens with one attached hydrogen (secondary N) is 1. The summed E-state index contributed by atoms with van der Waals surface area (Å²) < 4.78 is 1.45. The third-order valence-corrected chi connectivity index (χ3v) is 7.01. The minimum Gasteiger partial charge on any atom is -0.308 e. The number of rotatable bonds is 5. The van der Waals surface area contributed by atoms with Gasteiger partial charge >= 0.3 is 0 Å². The van der Waals surface area contributed by atoms with Crippen molar-refractivity contribution in [1.29, 1.82) is 0 Å². The smallest absolute Gasteiger partial charge is 0.0659 e. The molecular formula is C17H27IN2S. The summed E-state index contributed by atoms with van der Waals surface area (Å²) in [5, 5.41) is 3.91. The summed E-state index contributed by atoms with van der Waals surface area (Å²) in [6.45, 7) is 8.51. The first kappa shape index (κ1) is 16.2. The number of hydrogen-bond donors (Lipinski definition) is 1. The fourth-order valence-electron chi connectivity index (χ4n) is 3.86. The second-order valence-electron chi connectivity index (χ2n) is 6.84. The Bertz CT molecular complexity index is 465. The zero-order valence-electron chi connectivity index (χ0n) is 13.2. The predicted octanol–water partition coefficient (Wildman–Crippen LogP) is 4.44. The number of fused-ring (bicyclic) bond motifs is 1. The van der Waals surface area contributed by atoms with E-state index in [2.05, 4.69) is 52.7 Å². The number of likely N-dealkylation sites (tertiary alicyclic amines) is 1. The van der Waals surface area contributed by atoms with Gasteiger partial charge in [-0.15, -0.1) is 11.3 Å². The Morgan fingerprint density at radius 3 is 2.81 bits per heavy atom. The van der Waals surface area contributed by atoms with Crippen LogP contribution in [0.15, 0.2) is 6.07 Å². The second kappa shape index (κ2) is 7.28. The first-order chi connectivity index (χ1) is 10.1. The average Bonchev–Trinajstić information content (AvgIpc) is 3.07. The van der Waals surface area contributed by atoms with E-state index in [0.717, 1.165) is 12.5 Å². The van der Waals surface area contributed by atoms with Crippen molar-refractivity contribution in [2.75, 3.05) is 19.6 Å². The van der Waals surface area contributed by atoms with Crippen LogP contribution in [0.4, 0.5) is 0 Å².